The van der Waals surface area contributed by atoms with Crippen LogP contribution in [0.1, 0.15) is 22.6 Å². The zero-order chi connectivity index (χ0) is 21.8. The number of fused-ring (bicyclic) bond motifs is 2. The van der Waals surface area contributed by atoms with Crippen LogP contribution in [-0.2, 0) is 4.74 Å². The van der Waals surface area contributed by atoms with Crippen LogP contribution in [0.25, 0.3) is 11.1 Å². The first-order valence-corrected chi connectivity index (χ1v) is 9.83. The SMILES string of the molecule is CN(C)CC#Cc1ccc2c(c1)C(COC(=N)N)c1cc(-c3cncnc3)ccc1O2. The highest BCUT2D eigenvalue weighted by molar-refractivity contribution is 5.69. The largest absolute Gasteiger partial charge is 0.465 e. The molecule has 1 unspecified atom stereocenters. The number of rotatable bonds is 4. The summed E-state index contributed by atoms with van der Waals surface area (Å²) in [5.74, 6) is 7.69. The van der Waals surface area contributed by atoms with Gasteiger partial charge in [0.15, 0.2) is 0 Å². The summed E-state index contributed by atoms with van der Waals surface area (Å²) in [6, 6.07) is 11.5. The Bertz CT molecular complexity index is 1170. The highest BCUT2D eigenvalue weighted by atomic mass is 16.5. The van der Waals surface area contributed by atoms with Crippen molar-refractivity contribution in [1.82, 2.24) is 14.9 Å². The summed E-state index contributed by atoms with van der Waals surface area (Å²) < 4.78 is 11.6. The smallest absolute Gasteiger partial charge is 0.279 e. The topological polar surface area (TPSA) is 97.4 Å². The summed E-state index contributed by atoms with van der Waals surface area (Å²) in [7, 11) is 3.97. The molecule has 156 valence electrons. The third-order valence-electron chi connectivity index (χ3n) is 4.92. The van der Waals surface area contributed by atoms with Gasteiger partial charge in [-0.3, -0.25) is 10.3 Å². The minimum atomic E-state index is -0.316. The van der Waals surface area contributed by atoms with Gasteiger partial charge in [0.05, 0.1) is 12.5 Å². The van der Waals surface area contributed by atoms with Crippen molar-refractivity contribution in [3.05, 3.63) is 71.8 Å². The molecule has 1 aliphatic rings. The number of hydrogen-bond acceptors (Lipinski definition) is 6. The van der Waals surface area contributed by atoms with Gasteiger partial charge in [-0.05, 0) is 50.0 Å². The molecular weight excluding hydrogens is 390 g/mol. The fourth-order valence-electron chi connectivity index (χ4n) is 3.47. The molecule has 1 atom stereocenters. The number of aromatic nitrogens is 2. The van der Waals surface area contributed by atoms with E-state index < -0.39 is 0 Å². The van der Waals surface area contributed by atoms with Gasteiger partial charge < -0.3 is 15.2 Å². The molecule has 7 heteroatoms. The van der Waals surface area contributed by atoms with Gasteiger partial charge in [0.25, 0.3) is 6.02 Å². The Labute approximate surface area is 181 Å². The van der Waals surface area contributed by atoms with Gasteiger partial charge in [0, 0.05) is 34.6 Å². The van der Waals surface area contributed by atoms with Crippen molar-refractivity contribution in [1.29, 1.82) is 5.41 Å². The summed E-state index contributed by atoms with van der Waals surface area (Å²) >= 11 is 0. The molecule has 7 nitrogen and oxygen atoms in total. The van der Waals surface area contributed by atoms with Crippen molar-refractivity contribution in [3.8, 4) is 34.5 Å². The molecule has 0 amide bonds. The maximum absolute atomic E-state index is 7.51. The van der Waals surface area contributed by atoms with E-state index in [1.165, 1.54) is 6.33 Å². The van der Waals surface area contributed by atoms with E-state index in [2.05, 4.69) is 27.9 Å². The summed E-state index contributed by atoms with van der Waals surface area (Å²) in [6.45, 7) is 0.901. The number of nitrogens with one attached hydrogen (secondary N) is 1. The second-order valence-corrected chi connectivity index (χ2v) is 7.50. The molecule has 4 rings (SSSR count). The minimum absolute atomic E-state index is 0.164. The number of benzene rings is 2. The zero-order valence-electron chi connectivity index (χ0n) is 17.4. The molecule has 1 aliphatic heterocycles. The second kappa shape index (κ2) is 8.86. The Morgan fingerprint density at radius 3 is 2.52 bits per heavy atom. The van der Waals surface area contributed by atoms with E-state index in [1.807, 2.05) is 49.3 Å². The van der Waals surface area contributed by atoms with E-state index >= 15 is 0 Å². The molecule has 0 saturated heterocycles. The summed E-state index contributed by atoms with van der Waals surface area (Å²) in [4.78, 5) is 10.2. The molecule has 0 radical (unpaired) electrons. The monoisotopic (exact) mass is 413 g/mol. The van der Waals surface area contributed by atoms with E-state index in [9.17, 15) is 0 Å². The van der Waals surface area contributed by atoms with Gasteiger partial charge in [0.2, 0.25) is 0 Å². The molecule has 31 heavy (non-hydrogen) atoms. The molecular formula is C24H23N5O2. The van der Waals surface area contributed by atoms with Crippen molar-refractivity contribution < 1.29 is 9.47 Å². The van der Waals surface area contributed by atoms with E-state index in [1.54, 1.807) is 12.4 Å². The van der Waals surface area contributed by atoms with Crippen LogP contribution in [0.2, 0.25) is 0 Å². The third kappa shape index (κ3) is 4.65. The van der Waals surface area contributed by atoms with Crippen LogP contribution in [0.3, 0.4) is 0 Å². The first-order chi connectivity index (χ1) is 15.0. The van der Waals surface area contributed by atoms with Crippen molar-refractivity contribution in [2.45, 2.75) is 5.92 Å². The highest BCUT2D eigenvalue weighted by Gasteiger charge is 2.29. The fraction of sp³-hybridized carbons (Fsp3) is 0.208. The number of amidine groups is 1. The summed E-state index contributed by atoms with van der Waals surface area (Å²) in [6.07, 6.45) is 5.04. The Kier molecular flexibility index (Phi) is 5.83. The third-order valence-corrected chi connectivity index (χ3v) is 4.92. The van der Waals surface area contributed by atoms with Crippen LogP contribution in [0.5, 0.6) is 11.5 Å². The molecule has 0 bridgehead atoms. The first kappa shape index (κ1) is 20.4. The number of nitrogens with two attached hydrogens (primary N) is 1. The molecule has 0 aliphatic carbocycles. The van der Waals surface area contributed by atoms with Crippen LogP contribution in [0.4, 0.5) is 0 Å². The normalized spacial score (nSPS) is 14.0. The van der Waals surface area contributed by atoms with E-state index in [4.69, 9.17) is 20.6 Å². The van der Waals surface area contributed by atoms with Crippen molar-refractivity contribution in [3.63, 3.8) is 0 Å². The molecule has 3 aromatic rings. The average Bonchev–Trinajstić information content (AvgIpc) is 2.76. The molecule has 0 fully saturated rings. The molecule has 3 N–H and O–H groups in total. The van der Waals surface area contributed by atoms with E-state index in [0.717, 1.165) is 39.3 Å². The first-order valence-electron chi connectivity index (χ1n) is 9.83. The highest BCUT2D eigenvalue weighted by Crippen LogP contribution is 2.45. The molecule has 1 aromatic heterocycles. The van der Waals surface area contributed by atoms with Gasteiger partial charge in [-0.1, -0.05) is 17.9 Å². The van der Waals surface area contributed by atoms with Gasteiger partial charge in [-0.25, -0.2) is 9.97 Å². The Hall–Kier alpha value is -3.89. The van der Waals surface area contributed by atoms with Gasteiger partial charge in [0.1, 0.15) is 24.4 Å². The molecule has 2 heterocycles. The van der Waals surface area contributed by atoms with Crippen LogP contribution in [0.15, 0.2) is 55.1 Å². The van der Waals surface area contributed by atoms with Gasteiger partial charge in [-0.15, -0.1) is 0 Å². The van der Waals surface area contributed by atoms with Crippen molar-refractivity contribution >= 4 is 6.02 Å². The number of hydrogen-bond donors (Lipinski definition) is 2. The Morgan fingerprint density at radius 1 is 1.10 bits per heavy atom. The lowest BCUT2D eigenvalue weighted by atomic mass is 9.86. The number of nitrogens with zero attached hydrogens (tertiary/aromatic N) is 3. The quantitative estimate of drug-likeness (QED) is 0.387. The van der Waals surface area contributed by atoms with E-state index in [-0.39, 0.29) is 18.5 Å². The lowest BCUT2D eigenvalue weighted by Crippen LogP contribution is -2.21. The fourth-order valence-corrected chi connectivity index (χ4v) is 3.47. The Balaban J connectivity index is 1.75. The van der Waals surface area contributed by atoms with Crippen molar-refractivity contribution in [2.24, 2.45) is 5.73 Å². The van der Waals surface area contributed by atoms with Gasteiger partial charge in [-0.2, -0.15) is 0 Å². The zero-order valence-corrected chi connectivity index (χ0v) is 17.4. The lowest BCUT2D eigenvalue weighted by Gasteiger charge is -2.28. The maximum atomic E-state index is 7.51. The predicted octanol–water partition coefficient (Wildman–Crippen LogP) is 3.20. The number of ether oxygens (including phenoxy) is 2. The molecule has 2 aromatic carbocycles. The second-order valence-electron chi connectivity index (χ2n) is 7.50. The average molecular weight is 413 g/mol. The van der Waals surface area contributed by atoms with E-state index in [0.29, 0.717) is 6.54 Å². The predicted molar refractivity (Wildman–Crippen MR) is 119 cm³/mol. The standard InChI is InChI=1S/C24H23N5O2/c1-29(2)9-3-4-16-5-7-22-19(10-16)21(14-30-24(25)26)20-11-17(6-8-23(20)31-22)18-12-27-15-28-13-18/h5-8,10-13,15,21H,9,14H2,1-2H3,(H3,25,26). The van der Waals surface area contributed by atoms with Crippen LogP contribution >= 0.6 is 0 Å². The molecule has 0 saturated carbocycles. The molecule has 0 spiro atoms. The lowest BCUT2D eigenvalue weighted by molar-refractivity contribution is 0.274. The summed E-state index contributed by atoms with van der Waals surface area (Å²) in [5, 5.41) is 7.51. The Morgan fingerprint density at radius 2 is 1.81 bits per heavy atom. The van der Waals surface area contributed by atoms with Gasteiger partial charge >= 0.3 is 0 Å². The van der Waals surface area contributed by atoms with Crippen LogP contribution in [-0.4, -0.2) is 48.1 Å². The maximum Gasteiger partial charge on any atom is 0.279 e. The minimum Gasteiger partial charge on any atom is -0.465 e. The van der Waals surface area contributed by atoms with Crippen LogP contribution < -0.4 is 10.5 Å². The summed E-state index contributed by atoms with van der Waals surface area (Å²) in [5.41, 5.74) is 10.2. The van der Waals surface area contributed by atoms with Crippen molar-refractivity contribution in [2.75, 3.05) is 27.2 Å². The van der Waals surface area contributed by atoms with Crippen LogP contribution in [0, 0.1) is 17.3 Å².